The van der Waals surface area contributed by atoms with Crippen molar-refractivity contribution in [3.05, 3.63) is 82.3 Å². The van der Waals surface area contributed by atoms with Gasteiger partial charge in [-0.2, -0.15) is 0 Å². The number of ether oxygens (including phenoxy) is 1. The summed E-state index contributed by atoms with van der Waals surface area (Å²) < 4.78 is 33.4. The predicted octanol–water partition coefficient (Wildman–Crippen LogP) is 5.15. The van der Waals surface area contributed by atoms with Crippen LogP contribution in [-0.4, -0.2) is 27.0 Å². The number of fused-ring (bicyclic) bond motifs is 1. The van der Waals surface area contributed by atoms with E-state index in [-0.39, 0.29) is 34.2 Å². The smallest absolute Gasteiger partial charge is 0.265 e. The number of benzene rings is 3. The van der Waals surface area contributed by atoms with Gasteiger partial charge in [0.25, 0.3) is 15.9 Å². The first kappa shape index (κ1) is 22.5. The number of carbonyl (C=O) groups is 1. The Balaban J connectivity index is 1.45. The summed E-state index contributed by atoms with van der Waals surface area (Å²) in [5.41, 5.74) is 2.38. The van der Waals surface area contributed by atoms with Gasteiger partial charge in [0.1, 0.15) is 5.75 Å². The fraction of sp³-hybridized carbons (Fsp3) is 0.174. The van der Waals surface area contributed by atoms with Crippen LogP contribution in [0, 0.1) is 0 Å². The molecular weight excluding hydrogens is 471 g/mol. The zero-order valence-electron chi connectivity index (χ0n) is 17.1. The summed E-state index contributed by atoms with van der Waals surface area (Å²) in [6.45, 7) is 1.77. The number of rotatable bonds is 6. The minimum absolute atomic E-state index is 0.0294. The summed E-state index contributed by atoms with van der Waals surface area (Å²) in [6, 6.07) is 18.2. The lowest BCUT2D eigenvalue weighted by molar-refractivity contribution is -0.120. The molecule has 0 saturated carbocycles. The molecule has 3 aromatic rings. The van der Waals surface area contributed by atoms with Gasteiger partial charge in [0.2, 0.25) is 0 Å². The van der Waals surface area contributed by atoms with Crippen LogP contribution < -0.4 is 14.4 Å². The summed E-state index contributed by atoms with van der Waals surface area (Å²) in [6.07, 6.45) is 0.788. The molecule has 0 saturated heterocycles. The highest BCUT2D eigenvalue weighted by atomic mass is 35.5. The Hall–Kier alpha value is -2.74. The second kappa shape index (κ2) is 9.02. The van der Waals surface area contributed by atoms with Gasteiger partial charge >= 0.3 is 0 Å². The van der Waals surface area contributed by atoms with Gasteiger partial charge in [-0.15, -0.1) is 0 Å². The van der Waals surface area contributed by atoms with Gasteiger partial charge in [-0.05, 0) is 67.4 Å². The molecule has 1 N–H and O–H groups in total. The molecular formula is C23H20Cl2N2O4S. The molecule has 1 heterocycles. The van der Waals surface area contributed by atoms with Gasteiger partial charge in [-0.1, -0.05) is 41.4 Å². The Bertz CT molecular complexity index is 1260. The van der Waals surface area contributed by atoms with Crippen molar-refractivity contribution in [2.45, 2.75) is 24.3 Å². The van der Waals surface area contributed by atoms with Crippen molar-refractivity contribution < 1.29 is 17.9 Å². The quantitative estimate of drug-likeness (QED) is 0.518. The van der Waals surface area contributed by atoms with Gasteiger partial charge in [0, 0.05) is 22.4 Å². The second-order valence-electron chi connectivity index (χ2n) is 7.44. The molecule has 1 aliphatic heterocycles. The average molecular weight is 491 g/mol. The van der Waals surface area contributed by atoms with E-state index in [0.29, 0.717) is 10.7 Å². The summed E-state index contributed by atoms with van der Waals surface area (Å²) in [5.74, 6) is 0.0326. The highest BCUT2D eigenvalue weighted by Gasteiger charge is 2.30. The Labute approximate surface area is 196 Å². The highest BCUT2D eigenvalue weighted by Crippen LogP contribution is 2.33. The number of anilines is 2. The third-order valence-electron chi connectivity index (χ3n) is 5.14. The molecule has 0 aliphatic carbocycles. The topological polar surface area (TPSA) is 75.7 Å². The first-order chi connectivity index (χ1) is 15.2. The van der Waals surface area contributed by atoms with Crippen LogP contribution in [0.3, 0.4) is 0 Å². The van der Waals surface area contributed by atoms with Crippen LogP contribution in [-0.2, 0) is 21.2 Å². The van der Waals surface area contributed by atoms with Gasteiger partial charge in [0.05, 0.1) is 9.92 Å². The van der Waals surface area contributed by atoms with Gasteiger partial charge in [-0.3, -0.25) is 9.52 Å². The summed E-state index contributed by atoms with van der Waals surface area (Å²) >= 11 is 12.1. The average Bonchev–Trinajstić information content (AvgIpc) is 3.10. The van der Waals surface area contributed by atoms with E-state index in [4.69, 9.17) is 27.9 Å². The summed E-state index contributed by atoms with van der Waals surface area (Å²) in [7, 11) is -3.86. The Morgan fingerprint density at radius 3 is 2.53 bits per heavy atom. The fourth-order valence-electron chi connectivity index (χ4n) is 3.65. The molecule has 0 spiro atoms. The Kier molecular flexibility index (Phi) is 6.33. The third-order valence-corrected chi connectivity index (χ3v) is 7.06. The monoisotopic (exact) mass is 490 g/mol. The van der Waals surface area contributed by atoms with Crippen LogP contribution in [0.15, 0.2) is 71.6 Å². The van der Waals surface area contributed by atoms with Crippen LogP contribution in [0.25, 0.3) is 0 Å². The number of para-hydroxylation sites is 1. The molecule has 166 valence electrons. The lowest BCUT2D eigenvalue weighted by atomic mass is 10.1. The van der Waals surface area contributed by atoms with Crippen LogP contribution in [0.5, 0.6) is 5.75 Å². The molecule has 9 heteroatoms. The molecule has 1 atom stereocenters. The molecule has 0 aromatic heterocycles. The maximum absolute atomic E-state index is 12.8. The largest absolute Gasteiger partial charge is 0.482 e. The molecule has 4 rings (SSSR count). The van der Waals surface area contributed by atoms with Crippen LogP contribution in [0.4, 0.5) is 11.4 Å². The molecule has 0 bridgehead atoms. The number of halogens is 2. The number of sulfonamides is 1. The molecule has 6 nitrogen and oxygen atoms in total. The summed E-state index contributed by atoms with van der Waals surface area (Å²) in [5, 5.41) is 0.588. The summed E-state index contributed by atoms with van der Waals surface area (Å²) in [4.78, 5) is 14.5. The zero-order chi connectivity index (χ0) is 22.9. The molecule has 0 fully saturated rings. The van der Waals surface area contributed by atoms with Crippen molar-refractivity contribution in [2.24, 2.45) is 0 Å². The van der Waals surface area contributed by atoms with Gasteiger partial charge in [-0.25, -0.2) is 8.42 Å². The fourth-order valence-corrected chi connectivity index (χ4v) is 5.16. The number of amides is 1. The van der Waals surface area contributed by atoms with E-state index < -0.39 is 10.0 Å². The van der Waals surface area contributed by atoms with Gasteiger partial charge in [0.15, 0.2) is 6.61 Å². The van der Waals surface area contributed by atoms with E-state index in [1.165, 1.54) is 18.2 Å². The minimum atomic E-state index is -3.86. The first-order valence-corrected chi connectivity index (χ1v) is 12.1. The second-order valence-corrected chi connectivity index (χ2v) is 9.96. The number of hydrogen-bond donors (Lipinski definition) is 1. The first-order valence-electron chi connectivity index (χ1n) is 9.85. The van der Waals surface area contributed by atoms with E-state index in [1.807, 2.05) is 31.2 Å². The van der Waals surface area contributed by atoms with Crippen molar-refractivity contribution in [3.8, 4) is 5.75 Å². The van der Waals surface area contributed by atoms with E-state index >= 15 is 0 Å². The predicted molar refractivity (Wildman–Crippen MR) is 126 cm³/mol. The van der Waals surface area contributed by atoms with Crippen molar-refractivity contribution in [1.82, 2.24) is 0 Å². The maximum Gasteiger partial charge on any atom is 0.265 e. The molecule has 1 aliphatic rings. The normalized spacial score (nSPS) is 15.3. The number of nitrogens with zero attached hydrogens (tertiary/aromatic N) is 1. The zero-order valence-corrected chi connectivity index (χ0v) is 19.4. The third kappa shape index (κ3) is 4.70. The standard InChI is InChI=1S/C23H20Cl2N2O4S/c1-15-12-16-4-2-3-5-21(16)27(15)23(28)14-31-22-11-10-19(13-20(22)25)32(29,30)26-18-8-6-17(24)7-9-18/h2-11,13,15,26H,12,14H2,1H3/t15-/m1/s1. The molecule has 1 amide bonds. The van der Waals surface area contributed by atoms with E-state index in [0.717, 1.165) is 17.7 Å². The van der Waals surface area contributed by atoms with Crippen LogP contribution >= 0.6 is 23.2 Å². The molecule has 0 unspecified atom stereocenters. The van der Waals surface area contributed by atoms with Gasteiger partial charge < -0.3 is 9.64 Å². The van der Waals surface area contributed by atoms with Crippen LogP contribution in [0.1, 0.15) is 12.5 Å². The lowest BCUT2D eigenvalue weighted by Gasteiger charge is -2.23. The molecule has 0 radical (unpaired) electrons. The van der Waals surface area contributed by atoms with Crippen molar-refractivity contribution in [2.75, 3.05) is 16.2 Å². The molecule has 3 aromatic carbocycles. The van der Waals surface area contributed by atoms with E-state index in [1.54, 1.807) is 29.2 Å². The SMILES string of the molecule is C[C@@H]1Cc2ccccc2N1C(=O)COc1ccc(S(=O)(=O)Nc2ccc(Cl)cc2)cc1Cl. The number of hydrogen-bond acceptors (Lipinski definition) is 4. The lowest BCUT2D eigenvalue weighted by Crippen LogP contribution is -2.39. The van der Waals surface area contributed by atoms with Crippen molar-refractivity contribution in [3.63, 3.8) is 0 Å². The van der Waals surface area contributed by atoms with Crippen molar-refractivity contribution in [1.29, 1.82) is 0 Å². The molecule has 32 heavy (non-hydrogen) atoms. The Morgan fingerprint density at radius 1 is 1.09 bits per heavy atom. The van der Waals surface area contributed by atoms with E-state index in [9.17, 15) is 13.2 Å². The van der Waals surface area contributed by atoms with E-state index in [2.05, 4.69) is 4.72 Å². The van der Waals surface area contributed by atoms with Crippen LogP contribution in [0.2, 0.25) is 10.0 Å². The number of carbonyl (C=O) groups excluding carboxylic acids is 1. The maximum atomic E-state index is 12.8. The highest BCUT2D eigenvalue weighted by molar-refractivity contribution is 7.92. The minimum Gasteiger partial charge on any atom is -0.482 e. The van der Waals surface area contributed by atoms with Crippen molar-refractivity contribution >= 4 is 50.5 Å². The number of nitrogens with one attached hydrogen (secondary N) is 1. The Morgan fingerprint density at radius 2 is 1.81 bits per heavy atom.